The molecule has 0 fully saturated rings. The predicted octanol–water partition coefficient (Wildman–Crippen LogP) is 2.64. The molecule has 0 aliphatic carbocycles. The van der Waals surface area contributed by atoms with E-state index in [2.05, 4.69) is 55.7 Å². The molecular weight excluding hydrogens is 198 g/mol. The Bertz CT molecular complexity index is 302. The van der Waals surface area contributed by atoms with E-state index in [9.17, 15) is 0 Å². The van der Waals surface area contributed by atoms with Gasteiger partial charge in [0, 0.05) is 30.9 Å². The third-order valence-corrected chi connectivity index (χ3v) is 2.93. The fourth-order valence-corrected chi connectivity index (χ4v) is 1.96. The van der Waals surface area contributed by atoms with Crippen LogP contribution in [0.4, 0.5) is 0 Å². The summed E-state index contributed by atoms with van der Waals surface area (Å²) in [5.41, 5.74) is 0. The first-order chi connectivity index (χ1) is 7.56. The number of hydrogen-bond donors (Lipinski definition) is 1. The third-order valence-electron chi connectivity index (χ3n) is 2.93. The average molecular weight is 223 g/mol. The molecule has 0 spiro atoms. The van der Waals surface area contributed by atoms with E-state index in [0.717, 1.165) is 13.1 Å². The molecule has 1 unspecified atom stereocenters. The molecule has 0 radical (unpaired) electrons. The Kier molecular flexibility index (Phi) is 5.00. The Morgan fingerprint density at radius 3 is 2.50 bits per heavy atom. The van der Waals surface area contributed by atoms with Gasteiger partial charge in [-0.15, -0.1) is 0 Å². The van der Waals surface area contributed by atoms with E-state index in [-0.39, 0.29) is 0 Å². The van der Waals surface area contributed by atoms with Gasteiger partial charge in [-0.25, -0.2) is 4.98 Å². The summed E-state index contributed by atoms with van der Waals surface area (Å²) < 4.78 is 2.28. The Balaban J connectivity index is 2.73. The summed E-state index contributed by atoms with van der Waals surface area (Å²) in [7, 11) is 0. The van der Waals surface area contributed by atoms with Crippen LogP contribution in [0.5, 0.6) is 0 Å². The van der Waals surface area contributed by atoms with Crippen LogP contribution in [0.1, 0.15) is 46.4 Å². The smallest absolute Gasteiger partial charge is 0.111 e. The summed E-state index contributed by atoms with van der Waals surface area (Å²) >= 11 is 0. The molecule has 0 aliphatic rings. The molecule has 1 atom stereocenters. The van der Waals surface area contributed by atoms with Crippen LogP contribution in [0.15, 0.2) is 12.4 Å². The molecule has 0 amide bonds. The first kappa shape index (κ1) is 13.2. The van der Waals surface area contributed by atoms with Crippen LogP contribution in [0.3, 0.4) is 0 Å². The Morgan fingerprint density at radius 2 is 2.00 bits per heavy atom. The van der Waals surface area contributed by atoms with Gasteiger partial charge in [0.15, 0.2) is 0 Å². The molecule has 1 aromatic heterocycles. The fraction of sp³-hybridized carbons (Fsp3) is 0.769. The highest BCUT2D eigenvalue weighted by Crippen LogP contribution is 2.14. The molecule has 16 heavy (non-hydrogen) atoms. The number of rotatable bonds is 6. The SMILES string of the molecule is CCNC(Cn1ccnc1C(C)C)C(C)C. The first-order valence-electron chi connectivity index (χ1n) is 6.30. The predicted molar refractivity (Wildman–Crippen MR) is 68.6 cm³/mol. The van der Waals surface area contributed by atoms with Crippen LogP contribution in [0, 0.1) is 5.92 Å². The molecule has 3 heteroatoms. The van der Waals surface area contributed by atoms with Crippen molar-refractivity contribution in [1.29, 1.82) is 0 Å². The number of hydrogen-bond acceptors (Lipinski definition) is 2. The maximum Gasteiger partial charge on any atom is 0.111 e. The molecule has 3 nitrogen and oxygen atoms in total. The van der Waals surface area contributed by atoms with E-state index in [4.69, 9.17) is 0 Å². The fourth-order valence-electron chi connectivity index (χ4n) is 1.96. The van der Waals surface area contributed by atoms with Crippen LogP contribution in [0.2, 0.25) is 0 Å². The summed E-state index contributed by atoms with van der Waals surface area (Å²) in [6.07, 6.45) is 3.99. The monoisotopic (exact) mass is 223 g/mol. The highest BCUT2D eigenvalue weighted by molar-refractivity contribution is 4.98. The lowest BCUT2D eigenvalue weighted by Gasteiger charge is -2.23. The normalized spacial score (nSPS) is 13.7. The second-order valence-electron chi connectivity index (χ2n) is 5.00. The molecule has 0 bridgehead atoms. The minimum absolute atomic E-state index is 0.490. The van der Waals surface area contributed by atoms with Crippen molar-refractivity contribution in [2.75, 3.05) is 6.54 Å². The van der Waals surface area contributed by atoms with Crippen molar-refractivity contribution in [3.8, 4) is 0 Å². The van der Waals surface area contributed by atoms with E-state index < -0.39 is 0 Å². The van der Waals surface area contributed by atoms with Crippen LogP contribution in [-0.4, -0.2) is 22.1 Å². The van der Waals surface area contributed by atoms with Crippen LogP contribution < -0.4 is 5.32 Å². The van der Waals surface area contributed by atoms with Gasteiger partial charge in [-0.05, 0) is 12.5 Å². The zero-order valence-corrected chi connectivity index (χ0v) is 11.2. The maximum absolute atomic E-state index is 4.42. The van der Waals surface area contributed by atoms with Gasteiger partial charge < -0.3 is 9.88 Å². The molecule has 1 N–H and O–H groups in total. The topological polar surface area (TPSA) is 29.9 Å². The number of imidazole rings is 1. The highest BCUT2D eigenvalue weighted by atomic mass is 15.1. The molecule has 0 aromatic carbocycles. The molecule has 0 saturated heterocycles. The quantitative estimate of drug-likeness (QED) is 0.803. The van der Waals surface area contributed by atoms with Gasteiger partial charge in [-0.3, -0.25) is 0 Å². The van der Waals surface area contributed by atoms with Crippen molar-refractivity contribution in [3.05, 3.63) is 18.2 Å². The average Bonchev–Trinajstić information content (AvgIpc) is 2.65. The molecule has 0 saturated carbocycles. The maximum atomic E-state index is 4.42. The largest absolute Gasteiger partial charge is 0.333 e. The van der Waals surface area contributed by atoms with Crippen molar-refractivity contribution in [2.45, 2.75) is 53.1 Å². The zero-order valence-electron chi connectivity index (χ0n) is 11.2. The lowest BCUT2D eigenvalue weighted by Crippen LogP contribution is -2.37. The molecular formula is C13H25N3. The summed E-state index contributed by atoms with van der Waals surface area (Å²) in [4.78, 5) is 4.42. The highest BCUT2D eigenvalue weighted by Gasteiger charge is 2.15. The van der Waals surface area contributed by atoms with Gasteiger partial charge in [0.05, 0.1) is 0 Å². The molecule has 1 rings (SSSR count). The number of aromatic nitrogens is 2. The number of nitrogens with one attached hydrogen (secondary N) is 1. The zero-order chi connectivity index (χ0) is 12.1. The van der Waals surface area contributed by atoms with Gasteiger partial charge in [0.1, 0.15) is 5.82 Å². The standard InChI is InChI=1S/C13H25N3/c1-6-14-12(10(2)3)9-16-8-7-15-13(16)11(4)5/h7-8,10-12,14H,6,9H2,1-5H3. The number of nitrogens with zero attached hydrogens (tertiary/aromatic N) is 2. The Hall–Kier alpha value is -0.830. The van der Waals surface area contributed by atoms with Crippen molar-refractivity contribution < 1.29 is 0 Å². The number of likely N-dealkylation sites (N-methyl/N-ethyl adjacent to an activating group) is 1. The first-order valence-corrected chi connectivity index (χ1v) is 6.30. The summed E-state index contributed by atoms with van der Waals surface area (Å²) in [5.74, 6) is 2.32. The summed E-state index contributed by atoms with van der Waals surface area (Å²) in [6, 6.07) is 0.525. The van der Waals surface area contributed by atoms with Crippen molar-refractivity contribution in [2.24, 2.45) is 5.92 Å². The van der Waals surface area contributed by atoms with Crippen molar-refractivity contribution in [3.63, 3.8) is 0 Å². The lowest BCUT2D eigenvalue weighted by molar-refractivity contribution is 0.356. The van der Waals surface area contributed by atoms with E-state index >= 15 is 0 Å². The Morgan fingerprint density at radius 1 is 1.31 bits per heavy atom. The van der Waals surface area contributed by atoms with Crippen LogP contribution in [-0.2, 0) is 6.54 Å². The second kappa shape index (κ2) is 6.04. The minimum atomic E-state index is 0.490. The summed E-state index contributed by atoms with van der Waals surface area (Å²) in [5, 5.41) is 3.54. The molecule has 92 valence electrons. The molecule has 1 heterocycles. The minimum Gasteiger partial charge on any atom is -0.333 e. The van der Waals surface area contributed by atoms with Gasteiger partial charge in [-0.1, -0.05) is 34.6 Å². The summed E-state index contributed by atoms with van der Waals surface area (Å²) in [6.45, 7) is 13.1. The lowest BCUT2D eigenvalue weighted by atomic mass is 10.0. The van der Waals surface area contributed by atoms with E-state index in [1.807, 2.05) is 6.20 Å². The van der Waals surface area contributed by atoms with Crippen LogP contribution >= 0.6 is 0 Å². The van der Waals surface area contributed by atoms with E-state index in [1.165, 1.54) is 5.82 Å². The van der Waals surface area contributed by atoms with Crippen molar-refractivity contribution in [1.82, 2.24) is 14.9 Å². The van der Waals surface area contributed by atoms with E-state index in [0.29, 0.717) is 17.9 Å². The third kappa shape index (κ3) is 3.34. The van der Waals surface area contributed by atoms with Crippen molar-refractivity contribution >= 4 is 0 Å². The molecule has 0 aliphatic heterocycles. The second-order valence-corrected chi connectivity index (χ2v) is 5.00. The van der Waals surface area contributed by atoms with Gasteiger partial charge in [0.2, 0.25) is 0 Å². The van der Waals surface area contributed by atoms with Gasteiger partial charge in [-0.2, -0.15) is 0 Å². The van der Waals surface area contributed by atoms with Crippen LogP contribution in [0.25, 0.3) is 0 Å². The van der Waals surface area contributed by atoms with Gasteiger partial charge >= 0.3 is 0 Å². The Labute approximate surface area is 99.3 Å². The van der Waals surface area contributed by atoms with E-state index in [1.54, 1.807) is 0 Å². The molecule has 1 aromatic rings. The van der Waals surface area contributed by atoms with Gasteiger partial charge in [0.25, 0.3) is 0 Å².